The molecule has 0 bridgehead atoms. The van der Waals surface area contributed by atoms with Crippen molar-refractivity contribution in [2.45, 2.75) is 302 Å². The van der Waals surface area contributed by atoms with E-state index in [-0.39, 0.29) is 24.9 Å². The molecule has 0 aromatic rings. The molecule has 0 saturated heterocycles. The van der Waals surface area contributed by atoms with Crippen LogP contribution in [-0.4, -0.2) is 46.9 Å². The minimum Gasteiger partial charge on any atom is -0.462 e. The summed E-state index contributed by atoms with van der Waals surface area (Å²) >= 11 is 0. The van der Waals surface area contributed by atoms with E-state index in [1.54, 1.807) is 0 Å². The lowest BCUT2D eigenvalue weighted by atomic mass is 10.0. The van der Waals surface area contributed by atoms with E-state index in [0.29, 0.717) is 19.3 Å². The molecule has 0 aliphatic carbocycles. The van der Waals surface area contributed by atoms with E-state index in [1.807, 2.05) is 0 Å². The maximum atomic E-state index is 13.2. The van der Waals surface area contributed by atoms with Gasteiger partial charge in [-0.15, -0.1) is 0 Å². The summed E-state index contributed by atoms with van der Waals surface area (Å²) in [7, 11) is 0. The molecule has 0 aliphatic heterocycles. The molecule has 0 saturated carbocycles. The first-order valence-electron chi connectivity index (χ1n) is 25.9. The Labute approximate surface area is 361 Å². The van der Waals surface area contributed by atoms with Crippen molar-refractivity contribution in [2.75, 3.05) is 6.61 Å². The zero-order valence-electron chi connectivity index (χ0n) is 39.2. The molecule has 3 N–H and O–H groups in total. The fraction of sp³-hybridized carbons (Fsp3) is 0.923. The summed E-state index contributed by atoms with van der Waals surface area (Å²) in [6.07, 6.45) is 51.3. The van der Waals surface area contributed by atoms with E-state index in [0.717, 1.165) is 64.2 Å². The average Bonchev–Trinajstić information content (AvgIpc) is 3.22. The molecule has 0 fully saturated rings. The van der Waals surface area contributed by atoms with Gasteiger partial charge in [-0.25, -0.2) is 0 Å². The second kappa shape index (κ2) is 46.7. The second-order valence-corrected chi connectivity index (χ2v) is 17.9. The number of carbonyl (C=O) groups excluding carboxylic acids is 2. The fourth-order valence-electron chi connectivity index (χ4n) is 8.13. The molecule has 344 valence electrons. The minimum absolute atomic E-state index is 0.0786. The number of unbranched alkanes of at least 4 members (excludes halogenated alkanes) is 33. The van der Waals surface area contributed by atoms with Crippen molar-refractivity contribution < 1.29 is 24.5 Å². The summed E-state index contributed by atoms with van der Waals surface area (Å²) < 4.78 is 5.93. The third kappa shape index (κ3) is 41.3. The van der Waals surface area contributed by atoms with E-state index >= 15 is 0 Å². The molecule has 6 heteroatoms. The zero-order chi connectivity index (χ0) is 42.4. The Morgan fingerprint density at radius 3 is 1.22 bits per heavy atom. The molecule has 0 radical (unpaired) electrons. The van der Waals surface area contributed by atoms with E-state index in [1.165, 1.54) is 173 Å². The number of hydrogen-bond donors (Lipinski definition) is 3. The Morgan fingerprint density at radius 2 is 0.828 bits per heavy atom. The largest absolute Gasteiger partial charge is 0.462 e. The zero-order valence-corrected chi connectivity index (χ0v) is 39.2. The van der Waals surface area contributed by atoms with Gasteiger partial charge < -0.3 is 20.3 Å². The summed E-state index contributed by atoms with van der Waals surface area (Å²) in [5, 5.41) is 23.7. The number of esters is 1. The maximum absolute atomic E-state index is 13.2. The second-order valence-electron chi connectivity index (χ2n) is 17.9. The van der Waals surface area contributed by atoms with Gasteiger partial charge in [-0.05, 0) is 51.4 Å². The fourth-order valence-corrected chi connectivity index (χ4v) is 8.13. The van der Waals surface area contributed by atoms with E-state index in [2.05, 4.69) is 38.2 Å². The number of rotatable bonds is 47. The molecular weight excluding hydrogens is 719 g/mol. The normalized spacial score (nSPS) is 13.3. The number of aliphatic hydroxyl groups excluding tert-OH is 2. The summed E-state index contributed by atoms with van der Waals surface area (Å²) in [4.78, 5) is 26.1. The lowest BCUT2D eigenvalue weighted by Gasteiger charge is -2.24. The van der Waals surface area contributed by atoms with Crippen molar-refractivity contribution in [1.82, 2.24) is 5.32 Å². The highest BCUT2D eigenvalue weighted by Crippen LogP contribution is 2.18. The highest BCUT2D eigenvalue weighted by molar-refractivity contribution is 5.77. The van der Waals surface area contributed by atoms with Crippen LogP contribution in [0.2, 0.25) is 0 Å². The van der Waals surface area contributed by atoms with Crippen LogP contribution in [0.15, 0.2) is 12.2 Å². The lowest BCUT2D eigenvalue weighted by Crippen LogP contribution is -2.46. The molecule has 0 rings (SSSR count). The molecule has 0 aromatic carbocycles. The molecule has 3 unspecified atom stereocenters. The summed E-state index contributed by atoms with van der Waals surface area (Å²) in [6, 6.07) is -0.696. The first-order chi connectivity index (χ1) is 28.5. The van der Waals surface area contributed by atoms with Crippen LogP contribution in [0.3, 0.4) is 0 Å². The number of nitrogens with one attached hydrogen (secondary N) is 1. The van der Waals surface area contributed by atoms with Crippen molar-refractivity contribution in [1.29, 1.82) is 0 Å². The summed E-state index contributed by atoms with van der Waals surface area (Å²) in [5.74, 6) is -0.466. The molecule has 6 nitrogen and oxygen atoms in total. The van der Waals surface area contributed by atoms with Crippen LogP contribution in [0, 0.1) is 0 Å². The van der Waals surface area contributed by atoms with Crippen molar-refractivity contribution in [3.8, 4) is 0 Å². The van der Waals surface area contributed by atoms with E-state index < -0.39 is 18.2 Å². The number of allylic oxidation sites excluding steroid dienone is 2. The predicted octanol–water partition coefficient (Wildman–Crippen LogP) is 15.3. The van der Waals surface area contributed by atoms with Crippen LogP contribution >= 0.6 is 0 Å². The first kappa shape index (κ1) is 56.6. The monoisotopic (exact) mass is 820 g/mol. The van der Waals surface area contributed by atoms with Gasteiger partial charge in [-0.2, -0.15) is 0 Å². The van der Waals surface area contributed by atoms with Crippen LogP contribution < -0.4 is 5.32 Å². The Morgan fingerprint density at radius 1 is 0.483 bits per heavy atom. The van der Waals surface area contributed by atoms with Crippen LogP contribution in [0.1, 0.15) is 284 Å². The molecule has 1 amide bonds. The van der Waals surface area contributed by atoms with Crippen molar-refractivity contribution in [3.63, 3.8) is 0 Å². The van der Waals surface area contributed by atoms with Gasteiger partial charge in [0.1, 0.15) is 6.10 Å². The van der Waals surface area contributed by atoms with Gasteiger partial charge in [0.2, 0.25) is 5.91 Å². The van der Waals surface area contributed by atoms with Crippen molar-refractivity contribution in [3.05, 3.63) is 12.2 Å². The lowest BCUT2D eigenvalue weighted by molar-refractivity contribution is -0.151. The van der Waals surface area contributed by atoms with Gasteiger partial charge in [0.05, 0.1) is 25.2 Å². The number of aliphatic hydroxyl groups is 2. The Kier molecular flexibility index (Phi) is 45.5. The van der Waals surface area contributed by atoms with Gasteiger partial charge in [0.25, 0.3) is 0 Å². The molecule has 0 aromatic heterocycles. The van der Waals surface area contributed by atoms with Gasteiger partial charge in [0, 0.05) is 6.42 Å². The summed E-state index contributed by atoms with van der Waals surface area (Å²) in [5.41, 5.74) is 0. The molecule has 3 atom stereocenters. The quantitative estimate of drug-likeness (QED) is 0.0323. The van der Waals surface area contributed by atoms with Gasteiger partial charge in [-0.1, -0.05) is 232 Å². The molecular formula is C52H101NO5. The molecule has 0 aliphatic rings. The highest BCUT2D eigenvalue weighted by atomic mass is 16.5. The third-order valence-corrected chi connectivity index (χ3v) is 12.1. The molecule has 58 heavy (non-hydrogen) atoms. The predicted molar refractivity (Wildman–Crippen MR) is 250 cm³/mol. The van der Waals surface area contributed by atoms with Crippen molar-refractivity contribution in [2.24, 2.45) is 0 Å². The van der Waals surface area contributed by atoms with Crippen LogP contribution in [0.5, 0.6) is 0 Å². The summed E-state index contributed by atoms with van der Waals surface area (Å²) in [6.45, 7) is 6.48. The highest BCUT2D eigenvalue weighted by Gasteiger charge is 2.24. The third-order valence-electron chi connectivity index (χ3n) is 12.1. The molecule has 0 spiro atoms. The van der Waals surface area contributed by atoms with Crippen LogP contribution in [-0.2, 0) is 14.3 Å². The number of hydrogen-bond acceptors (Lipinski definition) is 5. The Hall–Kier alpha value is -1.40. The van der Waals surface area contributed by atoms with Gasteiger partial charge in [0.15, 0.2) is 0 Å². The smallest absolute Gasteiger partial charge is 0.306 e. The van der Waals surface area contributed by atoms with Gasteiger partial charge in [-0.3, -0.25) is 9.59 Å². The van der Waals surface area contributed by atoms with Crippen LogP contribution in [0.4, 0.5) is 0 Å². The van der Waals surface area contributed by atoms with Crippen LogP contribution in [0.25, 0.3) is 0 Å². The standard InChI is InChI=1S/C52H101NO5/c1-4-7-10-13-16-19-21-23-25-27-29-32-34-37-40-43-48(46-51(56)53-49(47-54)50(55)44-41-38-35-31-18-15-12-9-6-3)58-52(57)45-42-39-36-33-30-28-26-24-22-20-17-14-11-8-5-2/h23,25,48-50,54-55H,4-22,24,26-47H2,1-3H3,(H,53,56)/b25-23+. The van der Waals surface area contributed by atoms with E-state index in [9.17, 15) is 19.8 Å². The number of amides is 1. The SMILES string of the molecule is CCCCCCCC/C=C/CCCCCCCC(CC(=O)NC(CO)C(O)CCCCCCCCCCC)OC(=O)CCCCCCCCCCCCCCCCC. The number of ether oxygens (including phenoxy) is 1. The van der Waals surface area contributed by atoms with E-state index in [4.69, 9.17) is 4.74 Å². The minimum atomic E-state index is -0.782. The Balaban J connectivity index is 4.54. The maximum Gasteiger partial charge on any atom is 0.306 e. The Bertz CT molecular complexity index is 878. The average molecular weight is 820 g/mol. The van der Waals surface area contributed by atoms with Crippen molar-refractivity contribution >= 4 is 11.9 Å². The topological polar surface area (TPSA) is 95.9 Å². The number of carbonyl (C=O) groups is 2. The molecule has 0 heterocycles. The first-order valence-corrected chi connectivity index (χ1v) is 25.9. The van der Waals surface area contributed by atoms with Gasteiger partial charge >= 0.3 is 5.97 Å².